The molecular formula is C64H79N3O17S2. The number of anilines is 1. The standard InChI is InChI=1S/C64H79N3O17S2/c1-50-11-21-58(22-12-50)85(72,73)48-57(49-86(74,75)59-23-13-51(2)14-24-59)63(70)54-17-19-55(20-18-54)64(71)66-28-30-77-32-34-79-36-38-81-40-42-83-44-46-84-45-43-82-41-39-80-37-35-78-33-31-76-29-26-61(68)65-27-25-62(69)67-47-56-9-4-3-7-52(56)15-16-53-8-5-6-10-60(53)67/h3-14,17-24,57H,25-49H2,1-2H3,(H,65,68)(H,66,71). The topological polar surface area (TPSA) is 247 Å². The summed E-state index contributed by atoms with van der Waals surface area (Å²) in [7, 11) is -8.11. The lowest BCUT2D eigenvalue weighted by Crippen LogP contribution is -2.35. The van der Waals surface area contributed by atoms with Crippen molar-refractivity contribution >= 4 is 48.9 Å². The lowest BCUT2D eigenvalue weighted by atomic mass is 9.99. The molecule has 0 unspecified atom stereocenters. The molecule has 3 amide bonds. The number of carbonyl (C=O) groups is 4. The van der Waals surface area contributed by atoms with Crippen molar-refractivity contribution in [3.63, 3.8) is 0 Å². The second-order valence-electron chi connectivity index (χ2n) is 19.8. The second-order valence-corrected chi connectivity index (χ2v) is 23.9. The minimum Gasteiger partial charge on any atom is -0.379 e. The number of ketones is 1. The minimum absolute atomic E-state index is 0.0140. The molecule has 0 radical (unpaired) electrons. The lowest BCUT2D eigenvalue weighted by molar-refractivity contribution is -0.122. The van der Waals surface area contributed by atoms with Gasteiger partial charge in [-0.25, -0.2) is 16.8 Å². The Bertz CT molecular complexity index is 3110. The monoisotopic (exact) mass is 1230 g/mol. The molecule has 20 nitrogen and oxygen atoms in total. The van der Waals surface area contributed by atoms with Crippen LogP contribution in [-0.2, 0) is 78.4 Å². The summed E-state index contributed by atoms with van der Waals surface area (Å²) in [5.41, 5.74) is 5.42. The highest BCUT2D eigenvalue weighted by Gasteiger charge is 2.33. The van der Waals surface area contributed by atoms with E-state index in [-0.39, 0.29) is 71.9 Å². The van der Waals surface area contributed by atoms with Gasteiger partial charge in [0.1, 0.15) is 0 Å². The van der Waals surface area contributed by atoms with Crippen LogP contribution in [0.3, 0.4) is 0 Å². The van der Waals surface area contributed by atoms with E-state index in [1.165, 1.54) is 48.5 Å². The molecule has 0 saturated carbocycles. The number of hydrogen-bond donors (Lipinski definition) is 2. The van der Waals surface area contributed by atoms with Crippen molar-refractivity contribution in [1.82, 2.24) is 10.6 Å². The maximum Gasteiger partial charge on any atom is 0.251 e. The van der Waals surface area contributed by atoms with E-state index in [1.54, 1.807) is 29.2 Å². The summed E-state index contributed by atoms with van der Waals surface area (Å²) < 4.78 is 104. The fourth-order valence-corrected chi connectivity index (χ4v) is 11.8. The molecule has 0 aliphatic carbocycles. The van der Waals surface area contributed by atoms with Gasteiger partial charge in [0.2, 0.25) is 11.8 Å². The van der Waals surface area contributed by atoms with Crippen molar-refractivity contribution in [2.24, 2.45) is 5.92 Å². The third-order valence-electron chi connectivity index (χ3n) is 13.2. The van der Waals surface area contributed by atoms with Crippen LogP contribution in [0.15, 0.2) is 131 Å². The number of nitrogens with one attached hydrogen (secondary N) is 2. The molecule has 464 valence electrons. The van der Waals surface area contributed by atoms with Crippen LogP contribution < -0.4 is 15.5 Å². The zero-order valence-corrected chi connectivity index (χ0v) is 50.6. The lowest BCUT2D eigenvalue weighted by Gasteiger charge is -2.26. The highest BCUT2D eigenvalue weighted by Crippen LogP contribution is 2.27. The number of amides is 3. The number of hydrogen-bond acceptors (Lipinski definition) is 17. The predicted octanol–water partition coefficient (Wildman–Crippen LogP) is 5.77. The number of carbonyl (C=O) groups excluding carboxylic acids is 4. The third-order valence-corrected chi connectivity index (χ3v) is 16.9. The van der Waals surface area contributed by atoms with E-state index in [0.717, 1.165) is 33.5 Å². The van der Waals surface area contributed by atoms with Crippen molar-refractivity contribution in [2.75, 3.05) is 148 Å². The Morgan fingerprint density at radius 1 is 0.453 bits per heavy atom. The smallest absolute Gasteiger partial charge is 0.251 e. The molecule has 0 fully saturated rings. The maximum atomic E-state index is 13.8. The number of rotatable bonds is 42. The summed E-state index contributed by atoms with van der Waals surface area (Å²) in [4.78, 5) is 54.1. The van der Waals surface area contributed by atoms with Crippen LogP contribution in [0.4, 0.5) is 5.69 Å². The van der Waals surface area contributed by atoms with Gasteiger partial charge in [0.25, 0.3) is 5.91 Å². The van der Waals surface area contributed by atoms with Gasteiger partial charge in [0, 0.05) is 48.2 Å². The zero-order valence-electron chi connectivity index (χ0n) is 49.0. The van der Waals surface area contributed by atoms with Crippen LogP contribution in [0.25, 0.3) is 0 Å². The first-order valence-corrected chi connectivity index (χ1v) is 32.0. The quantitative estimate of drug-likeness (QED) is 0.0267. The van der Waals surface area contributed by atoms with Gasteiger partial charge in [-0.05, 0) is 74.0 Å². The van der Waals surface area contributed by atoms with Crippen molar-refractivity contribution in [1.29, 1.82) is 0 Å². The molecule has 6 rings (SSSR count). The normalized spacial score (nSPS) is 12.2. The Hall–Kier alpha value is -6.72. The molecule has 1 aliphatic rings. The summed E-state index contributed by atoms with van der Waals surface area (Å²) in [6.45, 7) is 11.1. The Labute approximate surface area is 505 Å². The molecule has 5 aromatic rings. The maximum absolute atomic E-state index is 13.8. The van der Waals surface area contributed by atoms with Gasteiger partial charge >= 0.3 is 0 Å². The van der Waals surface area contributed by atoms with E-state index in [9.17, 15) is 36.0 Å². The molecular weight excluding hydrogens is 1150 g/mol. The van der Waals surface area contributed by atoms with Crippen LogP contribution in [0.2, 0.25) is 0 Å². The minimum atomic E-state index is -4.05. The molecule has 1 heterocycles. The first-order valence-electron chi connectivity index (χ1n) is 28.7. The van der Waals surface area contributed by atoms with Gasteiger partial charge in [0.05, 0.1) is 158 Å². The van der Waals surface area contributed by atoms with Crippen molar-refractivity contribution in [3.05, 3.63) is 160 Å². The molecule has 0 saturated heterocycles. The van der Waals surface area contributed by atoms with E-state index < -0.39 is 48.8 Å². The zero-order chi connectivity index (χ0) is 61.2. The van der Waals surface area contributed by atoms with E-state index in [0.29, 0.717) is 112 Å². The highest BCUT2D eigenvalue weighted by molar-refractivity contribution is 7.92. The van der Waals surface area contributed by atoms with Gasteiger partial charge in [0.15, 0.2) is 25.5 Å². The number of para-hydroxylation sites is 1. The number of sulfone groups is 2. The average molecular weight is 1230 g/mol. The van der Waals surface area contributed by atoms with Crippen LogP contribution in [0.5, 0.6) is 0 Å². The largest absolute Gasteiger partial charge is 0.379 e. The molecule has 1 aliphatic heterocycles. The van der Waals surface area contributed by atoms with Gasteiger partial charge in [-0.3, -0.25) is 19.2 Å². The second kappa shape index (κ2) is 37.8. The molecule has 22 heteroatoms. The Morgan fingerprint density at radius 3 is 1.35 bits per heavy atom. The van der Waals surface area contributed by atoms with Crippen LogP contribution in [0.1, 0.15) is 61.4 Å². The number of aryl methyl sites for hydroxylation is 2. The first-order chi connectivity index (χ1) is 41.7. The molecule has 0 atom stereocenters. The van der Waals surface area contributed by atoms with Crippen LogP contribution >= 0.6 is 0 Å². The van der Waals surface area contributed by atoms with Gasteiger partial charge in [-0.15, -0.1) is 0 Å². The van der Waals surface area contributed by atoms with E-state index >= 15 is 0 Å². The summed E-state index contributed by atoms with van der Waals surface area (Å²) in [5.74, 6) is 2.17. The summed E-state index contributed by atoms with van der Waals surface area (Å²) in [5, 5.41) is 5.56. The summed E-state index contributed by atoms with van der Waals surface area (Å²) >= 11 is 0. The third kappa shape index (κ3) is 24.6. The number of fused-ring (bicyclic) bond motifs is 2. The molecule has 86 heavy (non-hydrogen) atoms. The Kier molecular flexibility index (Phi) is 30.0. The SMILES string of the molecule is Cc1ccc(S(=O)(=O)CC(CS(=O)(=O)c2ccc(C)cc2)C(=O)c2ccc(C(=O)NCCOCCOCCOCCOCCOCCOCCOCCOCCOCCC(=O)NCCC(=O)N3Cc4ccccc4C#Cc4ccccc43)cc2)cc1. The molecule has 5 aromatic carbocycles. The number of Topliss-reactive ketones (excluding diaryl/α,β-unsaturated/α-hetero) is 1. The molecule has 0 bridgehead atoms. The number of ether oxygens (including phenoxy) is 9. The number of nitrogens with zero attached hydrogens (tertiary/aromatic N) is 1. The average Bonchev–Trinajstić information content (AvgIpc) is 1.27. The fraction of sp³-hybridized carbons (Fsp3) is 0.438. The highest BCUT2D eigenvalue weighted by atomic mass is 32.2. The van der Waals surface area contributed by atoms with Crippen LogP contribution in [-0.4, -0.2) is 184 Å². The van der Waals surface area contributed by atoms with Gasteiger partial charge in [-0.2, -0.15) is 0 Å². The Balaban J connectivity index is 0.673. The van der Waals surface area contributed by atoms with Crippen LogP contribution in [0, 0.1) is 31.6 Å². The summed E-state index contributed by atoms with van der Waals surface area (Å²) in [6, 6.07) is 33.3. The van der Waals surface area contributed by atoms with Crippen molar-refractivity contribution in [3.8, 4) is 11.8 Å². The van der Waals surface area contributed by atoms with Gasteiger partial charge < -0.3 is 58.2 Å². The van der Waals surface area contributed by atoms with E-state index in [1.807, 2.05) is 62.4 Å². The van der Waals surface area contributed by atoms with Gasteiger partial charge in [-0.1, -0.05) is 89.7 Å². The molecule has 2 N–H and O–H groups in total. The Morgan fingerprint density at radius 2 is 0.860 bits per heavy atom. The molecule has 0 aromatic heterocycles. The number of benzene rings is 5. The van der Waals surface area contributed by atoms with Crippen molar-refractivity contribution in [2.45, 2.75) is 43.0 Å². The van der Waals surface area contributed by atoms with Crippen molar-refractivity contribution < 1.29 is 78.6 Å². The predicted molar refractivity (Wildman–Crippen MR) is 323 cm³/mol. The van der Waals surface area contributed by atoms with E-state index in [4.69, 9.17) is 42.6 Å². The van der Waals surface area contributed by atoms with E-state index in [2.05, 4.69) is 22.5 Å². The summed E-state index contributed by atoms with van der Waals surface area (Å²) in [6.07, 6.45) is 0.326. The molecule has 0 spiro atoms. The fourth-order valence-electron chi connectivity index (χ4n) is 8.54. The first kappa shape index (κ1) is 68.4.